The van der Waals surface area contributed by atoms with Gasteiger partial charge < -0.3 is 15.0 Å². The summed E-state index contributed by atoms with van der Waals surface area (Å²) < 4.78 is 34.7. The fourth-order valence-corrected chi connectivity index (χ4v) is 7.84. The highest BCUT2D eigenvalue weighted by atomic mass is 35.5. The lowest BCUT2D eigenvalue weighted by atomic mass is 10.0. The average molecular weight is 729 g/mol. The molecule has 4 aromatic carbocycles. The molecule has 12 heteroatoms. The third-order valence-corrected chi connectivity index (χ3v) is 11.2. The molecule has 1 aliphatic carbocycles. The number of rotatable bonds is 13. The quantitative estimate of drug-likeness (QED) is 0.154. The van der Waals surface area contributed by atoms with Crippen LogP contribution in [0, 0.1) is 0 Å². The number of halogens is 3. The molecule has 1 fully saturated rings. The highest BCUT2D eigenvalue weighted by Gasteiger charge is 2.36. The van der Waals surface area contributed by atoms with E-state index in [0.717, 1.165) is 35.6 Å². The van der Waals surface area contributed by atoms with E-state index in [9.17, 15) is 18.0 Å². The Hall–Kier alpha value is -3.76. The summed E-state index contributed by atoms with van der Waals surface area (Å²) in [6.45, 7) is -0.760. The summed E-state index contributed by atoms with van der Waals surface area (Å²) in [5.74, 6) is -0.484. The number of methoxy groups -OCH3 is 1. The predicted molar refractivity (Wildman–Crippen MR) is 190 cm³/mol. The molecule has 2 amide bonds. The van der Waals surface area contributed by atoms with Gasteiger partial charge in [0.1, 0.15) is 18.3 Å². The van der Waals surface area contributed by atoms with E-state index >= 15 is 0 Å². The van der Waals surface area contributed by atoms with Gasteiger partial charge in [-0.25, -0.2) is 8.42 Å². The third-order valence-electron chi connectivity index (χ3n) is 8.40. The number of benzene rings is 4. The minimum atomic E-state index is -4.30. The number of sulfonamides is 1. The zero-order valence-corrected chi connectivity index (χ0v) is 29.4. The average Bonchev–Trinajstić information content (AvgIpc) is 3.60. The fraction of sp³-hybridized carbons (Fsp3) is 0.278. The number of hydrogen-bond donors (Lipinski definition) is 1. The van der Waals surface area contributed by atoms with Crippen LogP contribution in [-0.2, 0) is 32.6 Å². The zero-order chi connectivity index (χ0) is 34.3. The van der Waals surface area contributed by atoms with Crippen LogP contribution in [-0.4, -0.2) is 50.9 Å². The van der Waals surface area contributed by atoms with Gasteiger partial charge in [-0.2, -0.15) is 0 Å². The molecule has 0 spiro atoms. The minimum absolute atomic E-state index is 0.0161. The molecule has 1 N–H and O–H groups in total. The maximum absolute atomic E-state index is 14.7. The van der Waals surface area contributed by atoms with E-state index in [1.165, 1.54) is 48.4 Å². The first-order valence-corrected chi connectivity index (χ1v) is 18.1. The lowest BCUT2D eigenvalue weighted by Gasteiger charge is -2.34. The lowest BCUT2D eigenvalue weighted by Crippen LogP contribution is -2.54. The summed E-state index contributed by atoms with van der Waals surface area (Å²) >= 11 is 19.4. The molecule has 1 saturated carbocycles. The molecule has 0 bridgehead atoms. The number of hydrogen-bond acceptors (Lipinski definition) is 5. The molecule has 8 nitrogen and oxygen atoms in total. The number of ether oxygens (including phenoxy) is 1. The molecule has 0 aromatic heterocycles. The van der Waals surface area contributed by atoms with Gasteiger partial charge in [-0.3, -0.25) is 13.9 Å². The highest BCUT2D eigenvalue weighted by Crippen LogP contribution is 2.30. The molecule has 0 saturated heterocycles. The summed E-state index contributed by atoms with van der Waals surface area (Å²) in [6, 6.07) is 25.4. The van der Waals surface area contributed by atoms with Gasteiger partial charge in [-0.1, -0.05) is 84.0 Å². The summed E-state index contributed by atoms with van der Waals surface area (Å²) in [5.41, 5.74) is 1.49. The van der Waals surface area contributed by atoms with E-state index in [4.69, 9.17) is 39.5 Å². The van der Waals surface area contributed by atoms with E-state index in [1.54, 1.807) is 30.3 Å². The molecular weight excluding hydrogens is 693 g/mol. The Balaban J connectivity index is 1.59. The first kappa shape index (κ1) is 35.5. The molecule has 5 rings (SSSR count). The first-order chi connectivity index (χ1) is 23.1. The van der Waals surface area contributed by atoms with E-state index in [-0.39, 0.29) is 35.5 Å². The maximum atomic E-state index is 14.7. The standard InChI is InChI=1S/C36H36Cl3N3O5S/c1-47-29-18-20-30(21-19-29)48(45,46)42(28-16-14-26(37)15-17-28)24-35(43)41(23-31-32(38)12-7-13-33(31)39)34(22-25-8-3-2-4-9-25)36(44)40-27-10-5-6-11-27/h2-4,7-9,12-21,27,34H,5-6,10-11,22-24H2,1H3,(H,40,44)/t34-/m1/s1. The Morgan fingerprint density at radius 2 is 1.48 bits per heavy atom. The van der Waals surface area contributed by atoms with Gasteiger partial charge in [0, 0.05) is 39.6 Å². The monoisotopic (exact) mass is 727 g/mol. The van der Waals surface area contributed by atoms with E-state index in [0.29, 0.717) is 26.4 Å². The summed E-state index contributed by atoms with van der Waals surface area (Å²) in [5, 5.41) is 4.18. The minimum Gasteiger partial charge on any atom is -0.497 e. The smallest absolute Gasteiger partial charge is 0.264 e. The summed E-state index contributed by atoms with van der Waals surface area (Å²) in [4.78, 5) is 30.2. The third kappa shape index (κ3) is 8.63. The van der Waals surface area contributed by atoms with Crippen LogP contribution in [0.5, 0.6) is 5.75 Å². The first-order valence-electron chi connectivity index (χ1n) is 15.6. The van der Waals surface area contributed by atoms with Crippen molar-refractivity contribution >= 4 is 62.3 Å². The van der Waals surface area contributed by atoms with Crippen LogP contribution >= 0.6 is 34.8 Å². The van der Waals surface area contributed by atoms with Crippen molar-refractivity contribution in [3.63, 3.8) is 0 Å². The second-order valence-corrected chi connectivity index (χ2v) is 14.7. The number of carbonyl (C=O) groups excluding carboxylic acids is 2. The van der Waals surface area contributed by atoms with Crippen LogP contribution in [0.15, 0.2) is 102 Å². The van der Waals surface area contributed by atoms with Crippen molar-refractivity contribution < 1.29 is 22.7 Å². The number of nitrogens with zero attached hydrogens (tertiary/aromatic N) is 2. The van der Waals surface area contributed by atoms with E-state index in [2.05, 4.69) is 5.32 Å². The van der Waals surface area contributed by atoms with E-state index < -0.39 is 28.5 Å². The zero-order valence-electron chi connectivity index (χ0n) is 26.3. The van der Waals surface area contributed by atoms with Crippen LogP contribution in [0.3, 0.4) is 0 Å². The Labute approximate surface area is 296 Å². The molecule has 0 unspecified atom stereocenters. The van der Waals surface area contributed by atoms with Crippen LogP contribution in [0.1, 0.15) is 36.8 Å². The Morgan fingerprint density at radius 3 is 2.08 bits per heavy atom. The van der Waals surface area contributed by atoms with Crippen molar-refractivity contribution in [2.45, 2.75) is 55.6 Å². The number of anilines is 1. The van der Waals surface area contributed by atoms with Crippen molar-refractivity contribution in [1.29, 1.82) is 0 Å². The molecule has 1 atom stereocenters. The Bertz CT molecular complexity index is 1800. The lowest BCUT2D eigenvalue weighted by molar-refractivity contribution is -0.140. The maximum Gasteiger partial charge on any atom is 0.264 e. The topological polar surface area (TPSA) is 96.0 Å². The van der Waals surface area contributed by atoms with Gasteiger partial charge in [-0.05, 0) is 79.1 Å². The van der Waals surface area contributed by atoms with Crippen LogP contribution in [0.25, 0.3) is 0 Å². The Kier molecular flexibility index (Phi) is 11.9. The SMILES string of the molecule is COc1ccc(S(=O)(=O)N(CC(=O)N(Cc2c(Cl)cccc2Cl)[C@H](Cc2ccccc2)C(=O)NC2CCCC2)c2ccc(Cl)cc2)cc1. The molecule has 48 heavy (non-hydrogen) atoms. The van der Waals surface area contributed by atoms with Gasteiger partial charge in [0.15, 0.2) is 0 Å². The van der Waals surface area contributed by atoms with Crippen LogP contribution in [0.2, 0.25) is 15.1 Å². The van der Waals surface area contributed by atoms with Gasteiger partial charge >= 0.3 is 0 Å². The second-order valence-electron chi connectivity index (χ2n) is 11.6. The summed E-state index contributed by atoms with van der Waals surface area (Å²) in [7, 11) is -2.82. The number of carbonyl (C=O) groups is 2. The second kappa shape index (κ2) is 16.1. The number of nitrogens with one attached hydrogen (secondary N) is 1. The molecular formula is C36H36Cl3N3O5S. The predicted octanol–water partition coefficient (Wildman–Crippen LogP) is 7.55. The number of amides is 2. The van der Waals surface area contributed by atoms with Crippen molar-refractivity contribution in [2.75, 3.05) is 18.0 Å². The largest absolute Gasteiger partial charge is 0.497 e. The van der Waals surface area contributed by atoms with Crippen LogP contribution < -0.4 is 14.4 Å². The van der Waals surface area contributed by atoms with Gasteiger partial charge in [0.25, 0.3) is 10.0 Å². The molecule has 0 aliphatic heterocycles. The molecule has 1 aliphatic rings. The molecule has 0 heterocycles. The van der Waals surface area contributed by atoms with Gasteiger partial charge in [0.2, 0.25) is 11.8 Å². The van der Waals surface area contributed by atoms with Crippen molar-refractivity contribution in [1.82, 2.24) is 10.2 Å². The van der Waals surface area contributed by atoms with Crippen molar-refractivity contribution in [2.24, 2.45) is 0 Å². The Morgan fingerprint density at radius 1 is 0.854 bits per heavy atom. The van der Waals surface area contributed by atoms with E-state index in [1.807, 2.05) is 30.3 Å². The highest BCUT2D eigenvalue weighted by molar-refractivity contribution is 7.92. The normalized spacial score (nSPS) is 13.9. The molecule has 4 aromatic rings. The molecule has 0 radical (unpaired) electrons. The van der Waals surface area contributed by atoms with Gasteiger partial charge in [0.05, 0.1) is 17.7 Å². The summed E-state index contributed by atoms with van der Waals surface area (Å²) in [6.07, 6.45) is 3.88. The van der Waals surface area contributed by atoms with Crippen molar-refractivity contribution in [3.8, 4) is 5.75 Å². The molecule has 252 valence electrons. The van der Waals surface area contributed by atoms with Crippen molar-refractivity contribution in [3.05, 3.63) is 123 Å². The van der Waals surface area contributed by atoms with Crippen LogP contribution in [0.4, 0.5) is 5.69 Å². The fourth-order valence-electron chi connectivity index (χ4n) is 5.79. The van der Waals surface area contributed by atoms with Gasteiger partial charge in [-0.15, -0.1) is 0 Å².